The lowest BCUT2D eigenvalue weighted by Gasteiger charge is -2.18. The van der Waals surface area contributed by atoms with E-state index in [0.29, 0.717) is 30.2 Å². The van der Waals surface area contributed by atoms with Gasteiger partial charge in [-0.1, -0.05) is 5.06 Å². The number of benzene rings is 1. The normalized spacial score (nSPS) is 13.5. The van der Waals surface area contributed by atoms with Gasteiger partial charge in [-0.3, -0.25) is 29.3 Å². The van der Waals surface area contributed by atoms with Gasteiger partial charge in [0.2, 0.25) is 5.91 Å². The van der Waals surface area contributed by atoms with E-state index in [4.69, 9.17) is 14.2 Å². The van der Waals surface area contributed by atoms with Crippen LogP contribution >= 0.6 is 0 Å². The zero-order chi connectivity index (χ0) is 29.1. The molecule has 214 valence electrons. The Morgan fingerprint density at radius 3 is 2.48 bits per heavy atom. The monoisotopic (exact) mass is 561 g/mol. The Kier molecular flexibility index (Phi) is 10.6. The Labute approximate surface area is 227 Å². The number of ether oxygens (including phenoxy) is 3. The molecule has 17 nitrogen and oxygen atoms in total. The molecule has 0 aliphatic carbocycles. The molecular formula is C23H27N7O10. The summed E-state index contributed by atoms with van der Waals surface area (Å²) in [4.78, 5) is 63.1. The van der Waals surface area contributed by atoms with Crippen LogP contribution in [0.4, 0.5) is 10.5 Å². The highest BCUT2D eigenvalue weighted by molar-refractivity contribution is 6.01. The minimum atomic E-state index is -1.39. The van der Waals surface area contributed by atoms with Gasteiger partial charge in [0.25, 0.3) is 17.5 Å². The molecule has 2 aromatic rings. The number of nitrogens with zero attached hydrogens (tertiary/aromatic N) is 6. The van der Waals surface area contributed by atoms with Crippen LogP contribution in [-0.4, -0.2) is 74.5 Å². The number of hydrogen-bond acceptors (Lipinski definition) is 14. The molecule has 3 rings (SSSR count). The highest BCUT2D eigenvalue weighted by Gasteiger charge is 2.34. The summed E-state index contributed by atoms with van der Waals surface area (Å²) in [7, 11) is 1.32. The van der Waals surface area contributed by atoms with Crippen LogP contribution in [0.1, 0.15) is 56.5 Å². The van der Waals surface area contributed by atoms with Crippen LogP contribution in [-0.2, 0) is 30.4 Å². The minimum Gasteiger partial charge on any atom is -0.493 e. The van der Waals surface area contributed by atoms with Crippen molar-refractivity contribution in [3.05, 3.63) is 40.0 Å². The van der Waals surface area contributed by atoms with Crippen molar-refractivity contribution in [2.24, 2.45) is 0 Å². The lowest BCUT2D eigenvalue weighted by atomic mass is 10.1. The quantitative estimate of drug-likeness (QED) is 0.113. The van der Waals surface area contributed by atoms with Gasteiger partial charge in [-0.25, -0.2) is 4.79 Å². The van der Waals surface area contributed by atoms with Gasteiger partial charge in [-0.2, -0.15) is 0 Å². The number of hydrogen-bond donors (Lipinski definition) is 1. The first-order valence-electron chi connectivity index (χ1n) is 12.2. The molecule has 0 saturated carbocycles. The fourth-order valence-corrected chi connectivity index (χ4v) is 3.62. The Bertz CT molecular complexity index is 1230. The van der Waals surface area contributed by atoms with Crippen LogP contribution in [0.15, 0.2) is 18.5 Å². The largest absolute Gasteiger partial charge is 0.534 e. The number of nitro groups is 1. The summed E-state index contributed by atoms with van der Waals surface area (Å²) >= 11 is 0. The zero-order valence-corrected chi connectivity index (χ0v) is 21.7. The first kappa shape index (κ1) is 29.6. The molecule has 1 atom stereocenters. The maximum absolute atomic E-state index is 12.1. The van der Waals surface area contributed by atoms with Crippen LogP contribution in [0.5, 0.6) is 11.5 Å². The van der Waals surface area contributed by atoms with Gasteiger partial charge in [0, 0.05) is 25.7 Å². The second kappa shape index (κ2) is 14.3. The summed E-state index contributed by atoms with van der Waals surface area (Å²) in [5.41, 5.74) is -0.493. The third-order valence-electron chi connectivity index (χ3n) is 5.58. The first-order chi connectivity index (χ1) is 19.2. The molecule has 0 spiro atoms. The van der Waals surface area contributed by atoms with Crippen molar-refractivity contribution in [1.82, 2.24) is 30.8 Å². The summed E-state index contributed by atoms with van der Waals surface area (Å²) in [6.45, 7) is 1.46. The molecule has 1 N–H and O–H groups in total. The number of carbonyl (C=O) groups is 4. The second-order valence-corrected chi connectivity index (χ2v) is 8.37. The van der Waals surface area contributed by atoms with Gasteiger partial charge in [-0.05, 0) is 25.8 Å². The van der Waals surface area contributed by atoms with Gasteiger partial charge < -0.3 is 19.5 Å². The standard InChI is InChI=1S/C23H27N7O10/c1-14(39-23(34)40-29-21(32)7-8-22(29)33)15-11-17(37-2)18(12-16(15)30(35)36)38-10-9-24-20(31)6-4-3-5-19-27-25-13-26-28-19/h11-14H,3-10H2,1-2H3,(H,24,31). The van der Waals surface area contributed by atoms with Gasteiger partial charge in [0.15, 0.2) is 23.7 Å². The van der Waals surface area contributed by atoms with Crippen molar-refractivity contribution in [2.45, 2.75) is 51.6 Å². The predicted molar refractivity (Wildman–Crippen MR) is 130 cm³/mol. The molecule has 0 bridgehead atoms. The fourth-order valence-electron chi connectivity index (χ4n) is 3.62. The van der Waals surface area contributed by atoms with E-state index in [1.165, 1.54) is 26.4 Å². The van der Waals surface area contributed by atoms with E-state index in [0.717, 1.165) is 6.07 Å². The molecule has 0 radical (unpaired) electrons. The molecule has 3 amide bonds. The van der Waals surface area contributed by atoms with Crippen molar-refractivity contribution in [1.29, 1.82) is 0 Å². The number of imide groups is 1. The lowest BCUT2D eigenvalue weighted by molar-refractivity contribution is -0.386. The number of aryl methyl sites for hydroxylation is 1. The Hall–Kier alpha value is -4.96. The molecule has 1 aliphatic heterocycles. The Balaban J connectivity index is 1.51. The van der Waals surface area contributed by atoms with Crippen molar-refractivity contribution in [2.75, 3.05) is 20.3 Å². The molecule has 1 fully saturated rings. The molecule has 1 aromatic heterocycles. The van der Waals surface area contributed by atoms with E-state index in [2.05, 4.69) is 30.5 Å². The molecule has 1 aliphatic rings. The molecule has 1 aromatic carbocycles. The van der Waals surface area contributed by atoms with Crippen LogP contribution in [0.25, 0.3) is 0 Å². The molecule has 40 heavy (non-hydrogen) atoms. The molecular weight excluding hydrogens is 534 g/mol. The first-order valence-corrected chi connectivity index (χ1v) is 12.2. The second-order valence-electron chi connectivity index (χ2n) is 8.37. The number of nitro benzene ring substituents is 1. The van der Waals surface area contributed by atoms with Crippen LogP contribution in [0, 0.1) is 10.1 Å². The summed E-state index contributed by atoms with van der Waals surface area (Å²) in [5, 5.41) is 29.6. The lowest BCUT2D eigenvalue weighted by Crippen LogP contribution is -2.32. The Morgan fingerprint density at radius 2 is 1.82 bits per heavy atom. The highest BCUT2D eigenvalue weighted by Crippen LogP contribution is 2.38. The molecule has 17 heteroatoms. The van der Waals surface area contributed by atoms with E-state index < -0.39 is 34.7 Å². The number of nitrogens with one attached hydrogen (secondary N) is 1. The Morgan fingerprint density at radius 1 is 1.12 bits per heavy atom. The molecule has 1 unspecified atom stereocenters. The SMILES string of the molecule is COc1cc(C(C)OC(=O)ON2C(=O)CCC2=O)c([N+](=O)[O-])cc1OCCNC(=O)CCCCc1nncnn1. The molecule has 1 saturated heterocycles. The maximum atomic E-state index is 12.1. The van der Waals surface area contributed by atoms with Gasteiger partial charge in [-0.15, -0.1) is 20.4 Å². The van der Waals surface area contributed by atoms with E-state index in [1.54, 1.807) is 0 Å². The average molecular weight is 562 g/mol. The third kappa shape index (κ3) is 8.27. The maximum Gasteiger partial charge on any atom is 0.534 e. The summed E-state index contributed by atoms with van der Waals surface area (Å²) < 4.78 is 15.9. The summed E-state index contributed by atoms with van der Waals surface area (Å²) in [6, 6.07) is 2.36. The van der Waals surface area contributed by atoms with Gasteiger partial charge in [0.1, 0.15) is 12.7 Å². The zero-order valence-electron chi connectivity index (χ0n) is 21.7. The number of amides is 3. The number of methoxy groups -OCH3 is 1. The number of hydroxylamine groups is 2. The summed E-state index contributed by atoms with van der Waals surface area (Å²) in [6.07, 6.45) is 0.537. The topological polar surface area (TPSA) is 215 Å². The minimum absolute atomic E-state index is 0.00985. The van der Waals surface area contributed by atoms with Crippen molar-refractivity contribution < 1.29 is 43.1 Å². The highest BCUT2D eigenvalue weighted by atomic mass is 16.8. The van der Waals surface area contributed by atoms with E-state index >= 15 is 0 Å². The number of carbonyl (C=O) groups excluding carboxylic acids is 4. The smallest absolute Gasteiger partial charge is 0.493 e. The number of unbranched alkanes of at least 4 members (excludes halogenated alkanes) is 1. The van der Waals surface area contributed by atoms with E-state index in [9.17, 15) is 29.3 Å². The predicted octanol–water partition coefficient (Wildman–Crippen LogP) is 1.37. The van der Waals surface area contributed by atoms with Crippen molar-refractivity contribution >= 4 is 29.6 Å². The average Bonchev–Trinajstić information content (AvgIpc) is 3.25. The molecule has 2 heterocycles. The fraction of sp³-hybridized carbons (Fsp3) is 0.478. The third-order valence-corrected chi connectivity index (χ3v) is 5.58. The number of aromatic nitrogens is 4. The van der Waals surface area contributed by atoms with Crippen LogP contribution in [0.3, 0.4) is 0 Å². The van der Waals surface area contributed by atoms with E-state index in [1.807, 2.05) is 0 Å². The van der Waals surface area contributed by atoms with Crippen LogP contribution in [0.2, 0.25) is 0 Å². The van der Waals surface area contributed by atoms with Crippen LogP contribution < -0.4 is 14.8 Å². The van der Waals surface area contributed by atoms with E-state index in [-0.39, 0.29) is 55.4 Å². The van der Waals surface area contributed by atoms with Gasteiger partial charge >= 0.3 is 6.16 Å². The van der Waals surface area contributed by atoms with Gasteiger partial charge in [0.05, 0.1) is 30.2 Å². The van der Waals surface area contributed by atoms with Crippen molar-refractivity contribution in [3.63, 3.8) is 0 Å². The number of rotatable bonds is 14. The summed E-state index contributed by atoms with van der Waals surface area (Å²) in [5.74, 6) is -0.964. The van der Waals surface area contributed by atoms with Crippen molar-refractivity contribution in [3.8, 4) is 11.5 Å².